The smallest absolute Gasteiger partial charge is 0.148 e. The zero-order chi connectivity index (χ0) is 9.19. The number of sulfone groups is 1. The Labute approximate surface area is 72.9 Å². The van der Waals surface area contributed by atoms with E-state index in [1.807, 2.05) is 0 Å². The van der Waals surface area contributed by atoms with Gasteiger partial charge in [-0.2, -0.15) is 0 Å². The van der Waals surface area contributed by atoms with Crippen LogP contribution in [0.2, 0.25) is 0 Å². The Kier molecular flexibility index (Phi) is 3.09. The van der Waals surface area contributed by atoms with E-state index in [0.29, 0.717) is 13.0 Å². The summed E-state index contributed by atoms with van der Waals surface area (Å²) >= 11 is 0. The first kappa shape index (κ1) is 9.95. The number of aliphatic hydroxyl groups is 1. The van der Waals surface area contributed by atoms with Crippen LogP contribution in [0, 0.1) is 0 Å². The van der Waals surface area contributed by atoms with Crippen LogP contribution in [0.25, 0.3) is 0 Å². The van der Waals surface area contributed by atoms with Crippen LogP contribution in [0.3, 0.4) is 0 Å². The molecule has 0 bridgehead atoms. The van der Waals surface area contributed by atoms with Crippen LogP contribution in [-0.4, -0.2) is 44.2 Å². The van der Waals surface area contributed by atoms with Gasteiger partial charge in [-0.1, -0.05) is 0 Å². The number of aliphatic hydroxyl groups excluding tert-OH is 1. The van der Waals surface area contributed by atoms with Crippen molar-refractivity contribution in [3.05, 3.63) is 0 Å². The van der Waals surface area contributed by atoms with Gasteiger partial charge in [-0.15, -0.1) is 0 Å². The molecule has 0 radical (unpaired) electrons. The molecule has 0 aliphatic carbocycles. The Balaban J connectivity index is 2.36. The molecule has 0 amide bonds. The molecule has 1 heterocycles. The maximum Gasteiger partial charge on any atom is 0.148 e. The topological polar surface area (TPSA) is 66.4 Å². The van der Waals surface area contributed by atoms with E-state index >= 15 is 0 Å². The molecule has 12 heavy (non-hydrogen) atoms. The van der Waals surface area contributed by atoms with Crippen molar-refractivity contribution in [2.75, 3.05) is 18.6 Å². The summed E-state index contributed by atoms with van der Waals surface area (Å²) in [5, 5.41) is 12.1. The molecule has 72 valence electrons. The Morgan fingerprint density at radius 3 is 2.58 bits per heavy atom. The van der Waals surface area contributed by atoms with Gasteiger partial charge in [0, 0.05) is 18.8 Å². The van der Waals surface area contributed by atoms with Crippen LogP contribution in [0.1, 0.15) is 12.8 Å². The van der Waals surface area contributed by atoms with E-state index in [1.54, 1.807) is 0 Å². The van der Waals surface area contributed by atoms with Gasteiger partial charge in [-0.05, 0) is 12.8 Å². The molecule has 4 nitrogen and oxygen atoms in total. The molecule has 0 aromatic rings. The van der Waals surface area contributed by atoms with Crippen molar-refractivity contribution in [1.82, 2.24) is 5.32 Å². The second kappa shape index (κ2) is 3.72. The van der Waals surface area contributed by atoms with Crippen LogP contribution in [0.15, 0.2) is 0 Å². The number of hydrogen-bond donors (Lipinski definition) is 2. The zero-order valence-electron chi connectivity index (χ0n) is 7.16. The zero-order valence-corrected chi connectivity index (χ0v) is 7.97. The number of hydrogen-bond acceptors (Lipinski definition) is 4. The fourth-order valence-corrected chi connectivity index (χ4v) is 2.42. The summed E-state index contributed by atoms with van der Waals surface area (Å²) in [6.07, 6.45) is 2.38. The van der Waals surface area contributed by atoms with Crippen molar-refractivity contribution >= 4 is 9.84 Å². The highest BCUT2D eigenvalue weighted by Crippen LogP contribution is 2.09. The molecule has 2 atom stereocenters. The Hall–Kier alpha value is -0.130. The van der Waals surface area contributed by atoms with E-state index in [9.17, 15) is 8.42 Å². The molecule has 1 rings (SSSR count). The van der Waals surface area contributed by atoms with Crippen LogP contribution in [-0.2, 0) is 9.84 Å². The lowest BCUT2D eigenvalue weighted by atomic mass is 10.0. The standard InChI is InChI=1S/C7H15NO3S/c1-12(10,11)5-6-2-3-7(9)4-8-6/h6-9H,2-5H2,1H3. The average molecular weight is 193 g/mol. The van der Waals surface area contributed by atoms with Crippen molar-refractivity contribution in [3.63, 3.8) is 0 Å². The Bertz CT molecular complexity index is 229. The molecule has 0 aromatic carbocycles. The maximum atomic E-state index is 10.9. The van der Waals surface area contributed by atoms with Crippen LogP contribution in [0.4, 0.5) is 0 Å². The van der Waals surface area contributed by atoms with E-state index in [2.05, 4.69) is 5.32 Å². The lowest BCUT2D eigenvalue weighted by Gasteiger charge is -2.26. The highest BCUT2D eigenvalue weighted by Gasteiger charge is 2.21. The summed E-state index contributed by atoms with van der Waals surface area (Å²) in [5.74, 6) is 0.180. The van der Waals surface area contributed by atoms with Gasteiger partial charge in [0.1, 0.15) is 9.84 Å². The SMILES string of the molecule is CS(=O)(=O)CC1CCC(O)CN1. The Morgan fingerprint density at radius 2 is 2.17 bits per heavy atom. The van der Waals surface area contributed by atoms with Gasteiger partial charge in [0.2, 0.25) is 0 Å². The molecule has 5 heteroatoms. The molecule has 1 fully saturated rings. The third-order valence-corrected chi connectivity index (χ3v) is 3.00. The van der Waals surface area contributed by atoms with Crippen molar-refractivity contribution in [3.8, 4) is 0 Å². The Morgan fingerprint density at radius 1 is 1.50 bits per heavy atom. The van der Waals surface area contributed by atoms with Gasteiger partial charge in [0.15, 0.2) is 0 Å². The first-order valence-corrected chi connectivity index (χ1v) is 6.12. The first-order chi connectivity index (χ1) is 5.47. The van der Waals surface area contributed by atoms with E-state index in [1.165, 1.54) is 6.26 Å². The van der Waals surface area contributed by atoms with Gasteiger partial charge >= 0.3 is 0 Å². The highest BCUT2D eigenvalue weighted by molar-refractivity contribution is 7.90. The van der Waals surface area contributed by atoms with Crippen molar-refractivity contribution in [2.45, 2.75) is 25.0 Å². The molecule has 0 saturated carbocycles. The van der Waals surface area contributed by atoms with E-state index in [-0.39, 0.29) is 17.9 Å². The monoisotopic (exact) mass is 193 g/mol. The van der Waals surface area contributed by atoms with Gasteiger partial charge in [-0.3, -0.25) is 0 Å². The highest BCUT2D eigenvalue weighted by atomic mass is 32.2. The van der Waals surface area contributed by atoms with E-state index in [4.69, 9.17) is 5.11 Å². The average Bonchev–Trinajstić information content (AvgIpc) is 1.91. The molecule has 0 aromatic heterocycles. The lowest BCUT2D eigenvalue weighted by molar-refractivity contribution is 0.130. The van der Waals surface area contributed by atoms with Crippen molar-refractivity contribution < 1.29 is 13.5 Å². The predicted octanol–water partition coefficient (Wildman–Crippen LogP) is -0.856. The largest absolute Gasteiger partial charge is 0.392 e. The fourth-order valence-electron chi connectivity index (χ4n) is 1.41. The van der Waals surface area contributed by atoms with Gasteiger partial charge < -0.3 is 10.4 Å². The second-order valence-electron chi connectivity index (χ2n) is 3.43. The van der Waals surface area contributed by atoms with E-state index < -0.39 is 9.84 Å². The lowest BCUT2D eigenvalue weighted by Crippen LogP contribution is -2.44. The number of piperidine rings is 1. The molecular weight excluding hydrogens is 178 g/mol. The minimum atomic E-state index is -2.89. The van der Waals surface area contributed by atoms with Crippen molar-refractivity contribution in [1.29, 1.82) is 0 Å². The molecule has 1 aliphatic heterocycles. The summed E-state index contributed by atoms with van der Waals surface area (Å²) in [6, 6.07) is 0.0309. The molecule has 1 saturated heterocycles. The summed E-state index contributed by atoms with van der Waals surface area (Å²) in [5.41, 5.74) is 0. The van der Waals surface area contributed by atoms with E-state index in [0.717, 1.165) is 6.42 Å². The number of nitrogens with one attached hydrogen (secondary N) is 1. The second-order valence-corrected chi connectivity index (χ2v) is 5.61. The third kappa shape index (κ3) is 3.51. The summed E-state index contributed by atoms with van der Waals surface area (Å²) in [6.45, 7) is 0.514. The summed E-state index contributed by atoms with van der Waals surface area (Å²) < 4.78 is 21.8. The summed E-state index contributed by atoms with van der Waals surface area (Å²) in [7, 11) is -2.89. The number of β-amino-alcohol motifs (C(OH)–C–C–N with tert-alkyl or cyclic N) is 1. The minimum absolute atomic E-state index is 0.0309. The third-order valence-electron chi connectivity index (χ3n) is 1.99. The van der Waals surface area contributed by atoms with Crippen LogP contribution in [0.5, 0.6) is 0 Å². The molecular formula is C7H15NO3S. The molecule has 1 aliphatic rings. The normalized spacial score (nSPS) is 31.8. The van der Waals surface area contributed by atoms with Gasteiger partial charge in [-0.25, -0.2) is 8.42 Å². The minimum Gasteiger partial charge on any atom is -0.392 e. The maximum absolute atomic E-state index is 10.9. The molecule has 2 unspecified atom stereocenters. The first-order valence-electron chi connectivity index (χ1n) is 4.06. The quantitative estimate of drug-likeness (QED) is 0.599. The molecule has 2 N–H and O–H groups in total. The van der Waals surface area contributed by atoms with Gasteiger partial charge in [0.25, 0.3) is 0 Å². The fraction of sp³-hybridized carbons (Fsp3) is 1.00. The summed E-state index contributed by atoms with van der Waals surface area (Å²) in [4.78, 5) is 0. The predicted molar refractivity (Wildman–Crippen MR) is 46.7 cm³/mol. The van der Waals surface area contributed by atoms with Crippen LogP contribution < -0.4 is 5.32 Å². The number of rotatable bonds is 2. The van der Waals surface area contributed by atoms with Gasteiger partial charge in [0.05, 0.1) is 11.9 Å². The van der Waals surface area contributed by atoms with Crippen molar-refractivity contribution in [2.24, 2.45) is 0 Å². The molecule has 0 spiro atoms. The van der Waals surface area contributed by atoms with Crippen LogP contribution >= 0.6 is 0 Å².